The van der Waals surface area contributed by atoms with Crippen LogP contribution in [-0.4, -0.2) is 52.4 Å². The summed E-state index contributed by atoms with van der Waals surface area (Å²) in [4.78, 5) is 23.3. The topological polar surface area (TPSA) is 36.4 Å². The van der Waals surface area contributed by atoms with Gasteiger partial charge in [0.2, 0.25) is 0 Å². The zero-order chi connectivity index (χ0) is 17.9. The number of nitrogens with zero attached hydrogens (tertiary/aromatic N) is 3. The second-order valence-corrected chi connectivity index (χ2v) is 8.17. The van der Waals surface area contributed by atoms with Crippen LogP contribution >= 0.6 is 11.8 Å². The Morgan fingerprint density at radius 1 is 1.12 bits per heavy atom. The van der Waals surface area contributed by atoms with Crippen molar-refractivity contribution in [2.45, 2.75) is 48.2 Å². The smallest absolute Gasteiger partial charge is 0.254 e. The van der Waals surface area contributed by atoms with Crippen LogP contribution in [0.2, 0.25) is 0 Å². The third kappa shape index (κ3) is 3.64. The summed E-state index contributed by atoms with van der Waals surface area (Å²) in [5, 5.41) is 0.969. The first-order chi connectivity index (χ1) is 12.7. The first kappa shape index (κ1) is 17.6. The van der Waals surface area contributed by atoms with Gasteiger partial charge in [-0.2, -0.15) is 0 Å². The van der Waals surface area contributed by atoms with Gasteiger partial charge in [0.15, 0.2) is 0 Å². The molecule has 2 aromatic rings. The first-order valence-corrected chi connectivity index (χ1v) is 10.3. The van der Waals surface area contributed by atoms with Crippen molar-refractivity contribution in [2.24, 2.45) is 0 Å². The Morgan fingerprint density at radius 2 is 1.92 bits per heavy atom. The van der Waals surface area contributed by atoms with Crippen LogP contribution in [-0.2, 0) is 0 Å². The predicted octanol–water partition coefficient (Wildman–Crippen LogP) is 3.93. The summed E-state index contributed by atoms with van der Waals surface area (Å²) in [5.41, 5.74) is 0.803. The minimum absolute atomic E-state index is 0.199. The number of amides is 1. The molecule has 2 saturated heterocycles. The van der Waals surface area contributed by atoms with Crippen LogP contribution in [0.5, 0.6) is 0 Å². The van der Waals surface area contributed by atoms with Crippen molar-refractivity contribution >= 4 is 17.7 Å². The number of pyridine rings is 1. The highest BCUT2D eigenvalue weighted by molar-refractivity contribution is 7.99. The van der Waals surface area contributed by atoms with E-state index in [0.29, 0.717) is 12.1 Å². The van der Waals surface area contributed by atoms with Crippen molar-refractivity contribution in [3.05, 3.63) is 54.2 Å². The van der Waals surface area contributed by atoms with Gasteiger partial charge in [0, 0.05) is 41.8 Å². The molecule has 5 heteroatoms. The summed E-state index contributed by atoms with van der Waals surface area (Å²) in [5.74, 6) is 0.199. The quantitative estimate of drug-likeness (QED) is 0.820. The molecule has 0 unspecified atom stereocenters. The van der Waals surface area contributed by atoms with Crippen LogP contribution < -0.4 is 0 Å². The lowest BCUT2D eigenvalue weighted by molar-refractivity contribution is 0.0671. The number of fused-ring (bicyclic) bond motifs is 2. The van der Waals surface area contributed by atoms with E-state index in [-0.39, 0.29) is 5.91 Å². The van der Waals surface area contributed by atoms with Gasteiger partial charge in [-0.25, -0.2) is 4.98 Å². The van der Waals surface area contributed by atoms with Gasteiger partial charge < -0.3 is 9.80 Å². The Balaban J connectivity index is 1.48. The highest BCUT2D eigenvalue weighted by Gasteiger charge is 2.39. The maximum absolute atomic E-state index is 13.2. The minimum atomic E-state index is 0.199. The second kappa shape index (κ2) is 7.80. The number of rotatable bonds is 4. The second-order valence-electron chi connectivity index (χ2n) is 7.07. The zero-order valence-corrected chi connectivity index (χ0v) is 16.0. The van der Waals surface area contributed by atoms with Gasteiger partial charge >= 0.3 is 0 Å². The Bertz CT molecular complexity index is 750. The number of benzene rings is 1. The third-order valence-corrected chi connectivity index (χ3v) is 6.47. The molecule has 136 valence electrons. The van der Waals surface area contributed by atoms with Crippen LogP contribution in [0.15, 0.2) is 58.6 Å². The summed E-state index contributed by atoms with van der Waals surface area (Å²) in [6, 6.07) is 14.7. The van der Waals surface area contributed by atoms with E-state index in [1.54, 1.807) is 18.0 Å². The monoisotopic (exact) mass is 367 g/mol. The Labute approximate surface area is 159 Å². The fraction of sp³-hybridized carbons (Fsp3) is 0.429. The lowest BCUT2D eigenvalue weighted by atomic mass is 10.1. The summed E-state index contributed by atoms with van der Waals surface area (Å²) in [6.45, 7) is 5.42. The van der Waals surface area contributed by atoms with Crippen LogP contribution in [0, 0.1) is 0 Å². The lowest BCUT2D eigenvalue weighted by Gasteiger charge is -2.29. The van der Waals surface area contributed by atoms with Gasteiger partial charge in [0.05, 0.1) is 0 Å². The number of carbonyl (C=O) groups is 1. The Hall–Kier alpha value is -1.85. The van der Waals surface area contributed by atoms with Crippen molar-refractivity contribution < 1.29 is 4.79 Å². The SMILES string of the molecule is CCN1CC[C@H]2CC[C@@H](C1)N2C(=O)c1ccc(Sc2ccccn2)cc1. The van der Waals surface area contributed by atoms with Crippen LogP contribution in [0.1, 0.15) is 36.5 Å². The lowest BCUT2D eigenvalue weighted by Crippen LogP contribution is -2.43. The average Bonchev–Trinajstić information content (AvgIpc) is 2.97. The van der Waals surface area contributed by atoms with E-state index < -0.39 is 0 Å². The summed E-state index contributed by atoms with van der Waals surface area (Å²) in [7, 11) is 0. The normalized spacial score (nSPS) is 23.0. The molecule has 1 amide bonds. The van der Waals surface area contributed by atoms with E-state index in [1.165, 1.54) is 0 Å². The molecule has 2 fully saturated rings. The van der Waals surface area contributed by atoms with Gasteiger partial charge in [-0.3, -0.25) is 4.79 Å². The molecule has 0 saturated carbocycles. The summed E-state index contributed by atoms with van der Waals surface area (Å²) >= 11 is 1.62. The molecule has 4 nitrogen and oxygen atoms in total. The van der Waals surface area contributed by atoms with E-state index >= 15 is 0 Å². The number of likely N-dealkylation sites (N-methyl/N-ethyl adjacent to an activating group) is 1. The standard InChI is InChI=1S/C21H25N3OS/c1-2-23-14-12-17-8-9-18(15-23)24(17)21(25)16-6-10-19(11-7-16)26-20-5-3-4-13-22-20/h3-7,10-11,13,17-18H,2,8-9,12,14-15H2,1H3/t17-,18+/m1/s1. The molecule has 0 aliphatic carbocycles. The maximum atomic E-state index is 13.2. The highest BCUT2D eigenvalue weighted by Crippen LogP contribution is 2.32. The molecule has 2 aliphatic heterocycles. The van der Waals surface area contributed by atoms with Crippen molar-refractivity contribution in [2.75, 3.05) is 19.6 Å². The van der Waals surface area contributed by atoms with Crippen LogP contribution in [0.25, 0.3) is 0 Å². The third-order valence-electron chi connectivity index (χ3n) is 5.51. The minimum Gasteiger partial charge on any atom is -0.331 e. The number of carbonyl (C=O) groups excluding carboxylic acids is 1. The fourth-order valence-corrected chi connectivity index (χ4v) is 4.88. The molecule has 1 aromatic carbocycles. The molecule has 1 aromatic heterocycles. The molecule has 2 atom stereocenters. The van der Waals surface area contributed by atoms with Gasteiger partial charge in [0.1, 0.15) is 5.03 Å². The van der Waals surface area contributed by atoms with Crippen LogP contribution in [0.4, 0.5) is 0 Å². The predicted molar refractivity (Wildman–Crippen MR) is 105 cm³/mol. The van der Waals surface area contributed by atoms with Gasteiger partial charge in [-0.1, -0.05) is 24.8 Å². The van der Waals surface area contributed by atoms with Crippen molar-refractivity contribution in [1.29, 1.82) is 0 Å². The van der Waals surface area contributed by atoms with Gasteiger partial charge in [0.25, 0.3) is 5.91 Å². The van der Waals surface area contributed by atoms with Crippen molar-refractivity contribution in [3.63, 3.8) is 0 Å². The Kier molecular flexibility index (Phi) is 5.27. The molecular weight excluding hydrogens is 342 g/mol. The zero-order valence-electron chi connectivity index (χ0n) is 15.2. The van der Waals surface area contributed by atoms with E-state index in [2.05, 4.69) is 21.7 Å². The van der Waals surface area contributed by atoms with Gasteiger partial charge in [-0.05, 0) is 62.2 Å². The van der Waals surface area contributed by atoms with Crippen LogP contribution in [0.3, 0.4) is 0 Å². The highest BCUT2D eigenvalue weighted by atomic mass is 32.2. The van der Waals surface area contributed by atoms with Crippen molar-refractivity contribution in [3.8, 4) is 0 Å². The summed E-state index contributed by atoms with van der Waals surface area (Å²) in [6.07, 6.45) is 5.20. The first-order valence-electron chi connectivity index (χ1n) is 9.48. The largest absolute Gasteiger partial charge is 0.331 e. The summed E-state index contributed by atoms with van der Waals surface area (Å²) < 4.78 is 0. The fourth-order valence-electron chi connectivity index (χ4n) is 4.11. The van der Waals surface area contributed by atoms with Crippen molar-refractivity contribution in [1.82, 2.24) is 14.8 Å². The maximum Gasteiger partial charge on any atom is 0.254 e. The van der Waals surface area contributed by atoms with E-state index in [1.807, 2.05) is 42.5 Å². The molecule has 2 bridgehead atoms. The Morgan fingerprint density at radius 3 is 2.65 bits per heavy atom. The molecular formula is C21H25N3OS. The van der Waals surface area contributed by atoms with E-state index in [0.717, 1.165) is 54.4 Å². The molecule has 0 radical (unpaired) electrons. The van der Waals surface area contributed by atoms with E-state index in [4.69, 9.17) is 0 Å². The molecule has 26 heavy (non-hydrogen) atoms. The number of likely N-dealkylation sites (tertiary alicyclic amines) is 1. The number of aromatic nitrogens is 1. The van der Waals surface area contributed by atoms with Gasteiger partial charge in [-0.15, -0.1) is 0 Å². The molecule has 0 spiro atoms. The number of hydrogen-bond acceptors (Lipinski definition) is 4. The molecule has 4 rings (SSSR count). The van der Waals surface area contributed by atoms with E-state index in [9.17, 15) is 4.79 Å². The number of hydrogen-bond donors (Lipinski definition) is 0. The molecule has 2 aliphatic rings. The molecule has 0 N–H and O–H groups in total. The molecule has 3 heterocycles. The average molecular weight is 368 g/mol.